The third-order valence-corrected chi connectivity index (χ3v) is 7.66. The first-order valence-corrected chi connectivity index (χ1v) is 12.6. The Balaban J connectivity index is 1.37. The van der Waals surface area contributed by atoms with Gasteiger partial charge in [-0.2, -0.15) is 0 Å². The molecule has 0 amide bonds. The van der Waals surface area contributed by atoms with E-state index in [9.17, 15) is 0 Å². The van der Waals surface area contributed by atoms with Crippen LogP contribution in [0.4, 0.5) is 11.6 Å². The lowest BCUT2D eigenvalue weighted by atomic mass is 10.1. The number of nitrogens with two attached hydrogens (primary N) is 1. The third-order valence-electron chi connectivity index (χ3n) is 6.39. The highest BCUT2D eigenvalue weighted by Crippen LogP contribution is 2.38. The molecule has 2 fully saturated rings. The van der Waals surface area contributed by atoms with Crippen molar-refractivity contribution in [1.29, 1.82) is 0 Å². The van der Waals surface area contributed by atoms with Gasteiger partial charge in [-0.1, -0.05) is 18.5 Å². The van der Waals surface area contributed by atoms with E-state index in [2.05, 4.69) is 49.9 Å². The molecule has 2 aliphatic rings. The van der Waals surface area contributed by atoms with Crippen molar-refractivity contribution in [3.05, 3.63) is 35.2 Å². The van der Waals surface area contributed by atoms with Crippen LogP contribution < -0.4 is 15.5 Å². The van der Waals surface area contributed by atoms with Gasteiger partial charge in [0.05, 0.1) is 15.9 Å². The molecule has 0 unspecified atom stereocenters. The highest BCUT2D eigenvalue weighted by atomic mass is 35.5. The summed E-state index contributed by atoms with van der Waals surface area (Å²) in [6, 6.07) is 6.46. The fourth-order valence-electron chi connectivity index (χ4n) is 4.65. The summed E-state index contributed by atoms with van der Waals surface area (Å²) in [4.78, 5) is 27.7. The Labute approximate surface area is 200 Å². The molecule has 8 nitrogen and oxygen atoms in total. The van der Waals surface area contributed by atoms with E-state index in [1.54, 1.807) is 18.1 Å². The highest BCUT2D eigenvalue weighted by molar-refractivity contribution is 7.99. The van der Waals surface area contributed by atoms with E-state index >= 15 is 0 Å². The molecule has 6 rings (SSSR count). The van der Waals surface area contributed by atoms with Crippen LogP contribution in [-0.4, -0.2) is 57.1 Å². The number of benzene rings is 1. The van der Waals surface area contributed by atoms with Crippen molar-refractivity contribution < 1.29 is 0 Å². The average molecular weight is 481 g/mol. The van der Waals surface area contributed by atoms with Crippen molar-refractivity contribution in [3.63, 3.8) is 0 Å². The Bertz CT molecular complexity index is 1340. The lowest BCUT2D eigenvalue weighted by molar-refractivity contribution is 0.516. The van der Waals surface area contributed by atoms with Crippen LogP contribution in [-0.2, 0) is 6.42 Å². The molecule has 33 heavy (non-hydrogen) atoms. The van der Waals surface area contributed by atoms with Crippen LogP contribution in [0.5, 0.6) is 0 Å². The molecule has 5 heterocycles. The maximum Gasteiger partial charge on any atom is 0.196 e. The van der Waals surface area contributed by atoms with Gasteiger partial charge in [0, 0.05) is 48.2 Å². The van der Waals surface area contributed by atoms with Crippen molar-refractivity contribution in [1.82, 2.24) is 24.9 Å². The smallest absolute Gasteiger partial charge is 0.196 e. The SMILES string of the molecule is CCc1[nH]c2nc(Sc3ccc4c(N5CC(N)C5)ncnc4c3)nc(N3CCCC3)c2c1Cl. The minimum Gasteiger partial charge on any atom is -0.356 e. The highest BCUT2D eigenvalue weighted by Gasteiger charge is 2.26. The summed E-state index contributed by atoms with van der Waals surface area (Å²) in [6.45, 7) is 5.74. The van der Waals surface area contributed by atoms with Gasteiger partial charge < -0.3 is 20.5 Å². The largest absolute Gasteiger partial charge is 0.356 e. The molecule has 4 aromatic rings. The van der Waals surface area contributed by atoms with Gasteiger partial charge in [-0.05, 0) is 49.2 Å². The van der Waals surface area contributed by atoms with Gasteiger partial charge in [0.2, 0.25) is 0 Å². The fraction of sp³-hybridized carbons (Fsp3) is 0.391. The maximum absolute atomic E-state index is 6.71. The molecule has 2 aliphatic heterocycles. The van der Waals surface area contributed by atoms with Crippen LogP contribution in [0.15, 0.2) is 34.6 Å². The summed E-state index contributed by atoms with van der Waals surface area (Å²) >= 11 is 8.26. The van der Waals surface area contributed by atoms with Crippen molar-refractivity contribution in [2.45, 2.75) is 42.3 Å². The summed E-state index contributed by atoms with van der Waals surface area (Å²) in [5.41, 5.74) is 8.67. The van der Waals surface area contributed by atoms with E-state index in [0.717, 1.165) is 81.8 Å². The molecule has 10 heteroatoms. The minimum atomic E-state index is 0.219. The van der Waals surface area contributed by atoms with Crippen LogP contribution in [0.2, 0.25) is 5.02 Å². The second-order valence-corrected chi connectivity index (χ2v) is 10.1. The Morgan fingerprint density at radius 3 is 2.70 bits per heavy atom. The first-order valence-electron chi connectivity index (χ1n) is 11.4. The quantitative estimate of drug-likeness (QED) is 0.413. The van der Waals surface area contributed by atoms with E-state index in [1.807, 2.05) is 0 Å². The second-order valence-electron chi connectivity index (χ2n) is 8.66. The zero-order valence-corrected chi connectivity index (χ0v) is 20.0. The van der Waals surface area contributed by atoms with Crippen LogP contribution >= 0.6 is 23.4 Å². The van der Waals surface area contributed by atoms with Gasteiger partial charge in [-0.15, -0.1) is 0 Å². The van der Waals surface area contributed by atoms with Crippen LogP contribution in [0.3, 0.4) is 0 Å². The van der Waals surface area contributed by atoms with Gasteiger partial charge in [-0.3, -0.25) is 0 Å². The van der Waals surface area contributed by atoms with Crippen molar-refractivity contribution >= 4 is 56.9 Å². The molecule has 0 bridgehead atoms. The van der Waals surface area contributed by atoms with Gasteiger partial charge in [0.1, 0.15) is 23.6 Å². The standard InChI is InChI=1S/C23H25ClN8S/c1-2-16-19(24)18-20(28-16)29-23(30-22(18)31-7-3-4-8-31)33-14-5-6-15-17(9-14)26-12-27-21(15)32-10-13(25)11-32/h5-6,9,12-13H,2-4,7-8,10-11,25H2,1H3,(H,28,29,30). The zero-order valence-electron chi connectivity index (χ0n) is 18.4. The molecule has 0 atom stereocenters. The summed E-state index contributed by atoms with van der Waals surface area (Å²) in [5, 5.41) is 3.41. The monoisotopic (exact) mass is 480 g/mol. The lowest BCUT2D eigenvalue weighted by Gasteiger charge is -2.38. The number of rotatable bonds is 5. The van der Waals surface area contributed by atoms with E-state index in [-0.39, 0.29) is 6.04 Å². The number of aryl methyl sites for hydroxylation is 1. The molecule has 1 aromatic carbocycles. The molecule has 0 radical (unpaired) electrons. The second kappa shape index (κ2) is 8.30. The van der Waals surface area contributed by atoms with E-state index in [4.69, 9.17) is 27.3 Å². The number of hydrogen-bond acceptors (Lipinski definition) is 8. The number of halogens is 1. The average Bonchev–Trinajstić information content (AvgIpc) is 3.44. The number of nitrogens with zero attached hydrogens (tertiary/aromatic N) is 6. The molecular weight excluding hydrogens is 456 g/mol. The molecular formula is C23H25ClN8S. The Morgan fingerprint density at radius 2 is 1.94 bits per heavy atom. The first kappa shape index (κ1) is 20.9. The normalized spacial score (nSPS) is 16.8. The van der Waals surface area contributed by atoms with E-state index in [1.165, 1.54) is 12.8 Å². The number of fused-ring (bicyclic) bond motifs is 2. The predicted octanol–water partition coefficient (Wildman–Crippen LogP) is 4.02. The summed E-state index contributed by atoms with van der Waals surface area (Å²) < 4.78 is 0. The van der Waals surface area contributed by atoms with Crippen LogP contribution in [0, 0.1) is 0 Å². The molecule has 3 N–H and O–H groups in total. The van der Waals surface area contributed by atoms with Gasteiger partial charge in [0.15, 0.2) is 5.16 Å². The number of hydrogen-bond donors (Lipinski definition) is 2. The third kappa shape index (κ3) is 3.68. The molecule has 2 saturated heterocycles. The topological polar surface area (TPSA) is 99.8 Å². The van der Waals surface area contributed by atoms with Crippen molar-refractivity contribution in [2.75, 3.05) is 36.0 Å². The Kier molecular flexibility index (Phi) is 5.27. The van der Waals surface area contributed by atoms with E-state index in [0.29, 0.717) is 5.16 Å². The number of anilines is 2. The van der Waals surface area contributed by atoms with Crippen LogP contribution in [0.1, 0.15) is 25.5 Å². The molecule has 3 aromatic heterocycles. The number of nitrogens with one attached hydrogen (secondary N) is 1. The fourth-order valence-corrected chi connectivity index (χ4v) is 5.79. The number of aromatic nitrogens is 5. The molecule has 170 valence electrons. The predicted molar refractivity (Wildman–Crippen MR) is 134 cm³/mol. The van der Waals surface area contributed by atoms with Gasteiger partial charge in [0.25, 0.3) is 0 Å². The summed E-state index contributed by atoms with van der Waals surface area (Å²) in [7, 11) is 0. The molecule has 0 spiro atoms. The first-order chi connectivity index (χ1) is 16.1. The van der Waals surface area contributed by atoms with E-state index < -0.39 is 0 Å². The van der Waals surface area contributed by atoms with Crippen LogP contribution in [0.25, 0.3) is 21.9 Å². The molecule has 0 aliphatic carbocycles. The minimum absolute atomic E-state index is 0.219. The summed E-state index contributed by atoms with van der Waals surface area (Å²) in [6.07, 6.45) is 4.79. The Hall–Kier alpha value is -2.62. The molecule has 0 saturated carbocycles. The van der Waals surface area contributed by atoms with Gasteiger partial charge in [-0.25, -0.2) is 19.9 Å². The zero-order chi connectivity index (χ0) is 22.5. The van der Waals surface area contributed by atoms with Crippen molar-refractivity contribution in [2.24, 2.45) is 5.73 Å². The summed E-state index contributed by atoms with van der Waals surface area (Å²) in [5.74, 6) is 1.88. The maximum atomic E-state index is 6.71. The lowest BCUT2D eigenvalue weighted by Crippen LogP contribution is -2.56. The number of H-pyrrole nitrogens is 1. The Morgan fingerprint density at radius 1 is 1.12 bits per heavy atom. The number of aromatic amines is 1. The van der Waals surface area contributed by atoms with Crippen molar-refractivity contribution in [3.8, 4) is 0 Å². The van der Waals surface area contributed by atoms with Gasteiger partial charge >= 0.3 is 0 Å².